The number of aliphatic hydroxyl groups is 2. The van der Waals surface area contributed by atoms with Gasteiger partial charge in [0.05, 0.1) is 6.10 Å². The predicted octanol–water partition coefficient (Wildman–Crippen LogP) is 1.20. The van der Waals surface area contributed by atoms with E-state index in [2.05, 4.69) is 15.9 Å². The van der Waals surface area contributed by atoms with E-state index in [4.69, 9.17) is 5.73 Å². The van der Waals surface area contributed by atoms with Gasteiger partial charge in [-0.25, -0.2) is 4.39 Å². The fraction of sp³-hybridized carbons (Fsp3) is 0.333. The van der Waals surface area contributed by atoms with Gasteiger partial charge in [0, 0.05) is 16.6 Å². The van der Waals surface area contributed by atoms with E-state index in [1.54, 1.807) is 0 Å². The van der Waals surface area contributed by atoms with E-state index in [9.17, 15) is 14.6 Å². The highest BCUT2D eigenvalue weighted by molar-refractivity contribution is 9.09. The average molecular weight is 264 g/mol. The summed E-state index contributed by atoms with van der Waals surface area (Å²) in [7, 11) is 0. The maximum atomic E-state index is 13.2. The highest BCUT2D eigenvalue weighted by Gasteiger charge is 2.20. The number of alkyl halides is 1. The van der Waals surface area contributed by atoms with Crippen LogP contribution in [0.4, 0.5) is 10.1 Å². The van der Waals surface area contributed by atoms with Crippen molar-refractivity contribution in [3.63, 3.8) is 0 Å². The molecule has 0 saturated heterocycles. The number of benzene rings is 1. The molecule has 0 aliphatic heterocycles. The van der Waals surface area contributed by atoms with E-state index < -0.39 is 18.0 Å². The molecule has 0 aliphatic carbocycles. The maximum Gasteiger partial charge on any atom is 0.129 e. The zero-order valence-electron chi connectivity index (χ0n) is 7.32. The Labute approximate surface area is 89.5 Å². The Morgan fingerprint density at radius 3 is 2.64 bits per heavy atom. The van der Waals surface area contributed by atoms with Crippen molar-refractivity contribution >= 4 is 21.6 Å². The minimum absolute atomic E-state index is 0.0111. The standard InChI is InChI=1S/C9H11BrFNO2/c10-4-8(13)9(14)6-3-5(12)1-2-7(6)11/h1-3,8-9,13-14H,4,12H2. The van der Waals surface area contributed by atoms with Crippen molar-refractivity contribution in [2.75, 3.05) is 11.1 Å². The molecule has 2 unspecified atom stereocenters. The second kappa shape index (κ2) is 4.72. The second-order valence-corrected chi connectivity index (χ2v) is 3.59. The minimum atomic E-state index is -1.27. The first-order valence-electron chi connectivity index (χ1n) is 4.03. The predicted molar refractivity (Wildman–Crippen MR) is 55.6 cm³/mol. The normalized spacial score (nSPS) is 15.1. The molecular weight excluding hydrogens is 253 g/mol. The van der Waals surface area contributed by atoms with Crippen molar-refractivity contribution < 1.29 is 14.6 Å². The monoisotopic (exact) mass is 263 g/mol. The molecule has 1 aromatic rings. The molecule has 0 amide bonds. The highest BCUT2D eigenvalue weighted by Crippen LogP contribution is 2.23. The van der Waals surface area contributed by atoms with Gasteiger partial charge in [-0.3, -0.25) is 0 Å². The molecule has 0 bridgehead atoms. The molecule has 1 rings (SSSR count). The summed E-state index contributed by atoms with van der Waals surface area (Å²) in [5.41, 5.74) is 5.80. The molecule has 0 aromatic heterocycles. The molecule has 2 atom stereocenters. The van der Waals surface area contributed by atoms with Gasteiger partial charge in [-0.15, -0.1) is 0 Å². The SMILES string of the molecule is Nc1ccc(F)c(C(O)C(O)CBr)c1. The van der Waals surface area contributed by atoms with Crippen molar-refractivity contribution in [1.82, 2.24) is 0 Å². The first kappa shape index (κ1) is 11.4. The summed E-state index contributed by atoms with van der Waals surface area (Å²) in [4.78, 5) is 0. The van der Waals surface area contributed by atoms with Gasteiger partial charge in [-0.2, -0.15) is 0 Å². The molecule has 0 fully saturated rings. The minimum Gasteiger partial charge on any atom is -0.399 e. The van der Waals surface area contributed by atoms with Crippen molar-refractivity contribution in [2.45, 2.75) is 12.2 Å². The average Bonchev–Trinajstić information content (AvgIpc) is 2.19. The van der Waals surface area contributed by atoms with Crippen LogP contribution in [0.25, 0.3) is 0 Å². The Balaban J connectivity index is 2.99. The van der Waals surface area contributed by atoms with Crippen LogP contribution in [-0.4, -0.2) is 21.6 Å². The third-order valence-corrected chi connectivity index (χ3v) is 2.52. The number of hydrogen-bond donors (Lipinski definition) is 3. The molecule has 0 aliphatic rings. The van der Waals surface area contributed by atoms with Gasteiger partial charge in [0.1, 0.15) is 11.9 Å². The van der Waals surface area contributed by atoms with Crippen molar-refractivity contribution in [1.29, 1.82) is 0 Å². The van der Waals surface area contributed by atoms with Crippen LogP contribution in [0.3, 0.4) is 0 Å². The van der Waals surface area contributed by atoms with E-state index in [0.29, 0.717) is 5.69 Å². The van der Waals surface area contributed by atoms with Crippen molar-refractivity contribution in [3.05, 3.63) is 29.6 Å². The molecule has 1 aromatic carbocycles. The molecular formula is C9H11BrFNO2. The fourth-order valence-electron chi connectivity index (χ4n) is 1.08. The first-order valence-corrected chi connectivity index (χ1v) is 5.15. The van der Waals surface area contributed by atoms with Gasteiger partial charge < -0.3 is 15.9 Å². The summed E-state index contributed by atoms with van der Waals surface area (Å²) >= 11 is 2.99. The third-order valence-electron chi connectivity index (χ3n) is 1.86. The number of rotatable bonds is 3. The van der Waals surface area contributed by atoms with Crippen LogP contribution >= 0.6 is 15.9 Å². The number of nitrogens with two attached hydrogens (primary N) is 1. The van der Waals surface area contributed by atoms with Gasteiger partial charge >= 0.3 is 0 Å². The van der Waals surface area contributed by atoms with Crippen LogP contribution in [0.5, 0.6) is 0 Å². The molecule has 3 nitrogen and oxygen atoms in total. The Hall–Kier alpha value is -0.650. The summed E-state index contributed by atoms with van der Waals surface area (Å²) in [6.45, 7) is 0. The molecule has 5 heteroatoms. The lowest BCUT2D eigenvalue weighted by molar-refractivity contribution is 0.0320. The van der Waals surface area contributed by atoms with Crippen LogP contribution in [0.1, 0.15) is 11.7 Å². The maximum absolute atomic E-state index is 13.2. The van der Waals surface area contributed by atoms with Gasteiger partial charge in [0.25, 0.3) is 0 Å². The molecule has 0 radical (unpaired) electrons. The molecule has 14 heavy (non-hydrogen) atoms. The lowest BCUT2D eigenvalue weighted by Gasteiger charge is -2.16. The van der Waals surface area contributed by atoms with E-state index in [1.807, 2.05) is 0 Å². The van der Waals surface area contributed by atoms with E-state index in [0.717, 1.165) is 6.07 Å². The largest absolute Gasteiger partial charge is 0.399 e. The van der Waals surface area contributed by atoms with Crippen molar-refractivity contribution in [2.24, 2.45) is 0 Å². The quantitative estimate of drug-likeness (QED) is 0.567. The number of nitrogen functional groups attached to an aromatic ring is 1. The molecule has 78 valence electrons. The molecule has 0 saturated carbocycles. The van der Waals surface area contributed by atoms with Crippen LogP contribution in [-0.2, 0) is 0 Å². The summed E-state index contributed by atoms with van der Waals surface area (Å²) < 4.78 is 13.2. The summed E-state index contributed by atoms with van der Waals surface area (Å²) in [6.07, 6.45) is -2.32. The summed E-state index contributed by atoms with van der Waals surface area (Å²) in [6, 6.07) is 3.87. The van der Waals surface area contributed by atoms with Crippen LogP contribution < -0.4 is 5.73 Å². The number of anilines is 1. The number of halogens is 2. The van der Waals surface area contributed by atoms with Crippen LogP contribution in [0.2, 0.25) is 0 Å². The summed E-state index contributed by atoms with van der Waals surface area (Å²) in [5.74, 6) is -0.577. The van der Waals surface area contributed by atoms with Gasteiger partial charge in [0.15, 0.2) is 0 Å². The lowest BCUT2D eigenvalue weighted by Crippen LogP contribution is -2.20. The molecule has 0 spiro atoms. The summed E-state index contributed by atoms with van der Waals surface area (Å²) in [5, 5.41) is 19.0. The lowest BCUT2D eigenvalue weighted by atomic mass is 10.0. The first-order chi connectivity index (χ1) is 6.56. The Bertz CT molecular complexity index is 322. The molecule has 4 N–H and O–H groups in total. The fourth-order valence-corrected chi connectivity index (χ4v) is 1.43. The number of hydrogen-bond acceptors (Lipinski definition) is 3. The second-order valence-electron chi connectivity index (χ2n) is 2.95. The zero-order chi connectivity index (χ0) is 10.7. The Morgan fingerprint density at radius 1 is 1.43 bits per heavy atom. The van der Waals surface area contributed by atoms with Gasteiger partial charge in [-0.1, -0.05) is 15.9 Å². The van der Waals surface area contributed by atoms with Crippen LogP contribution in [0, 0.1) is 5.82 Å². The Kier molecular flexibility index (Phi) is 3.86. The highest BCUT2D eigenvalue weighted by atomic mass is 79.9. The molecule has 0 heterocycles. The third kappa shape index (κ3) is 2.43. The van der Waals surface area contributed by atoms with E-state index in [1.165, 1.54) is 12.1 Å². The zero-order valence-corrected chi connectivity index (χ0v) is 8.91. The van der Waals surface area contributed by atoms with Gasteiger partial charge in [-0.05, 0) is 18.2 Å². The van der Waals surface area contributed by atoms with Gasteiger partial charge in [0.2, 0.25) is 0 Å². The Morgan fingerprint density at radius 2 is 2.07 bits per heavy atom. The van der Waals surface area contributed by atoms with Crippen LogP contribution in [0.15, 0.2) is 18.2 Å². The van der Waals surface area contributed by atoms with Crippen molar-refractivity contribution in [3.8, 4) is 0 Å². The number of aliphatic hydroxyl groups excluding tert-OH is 2. The topological polar surface area (TPSA) is 66.5 Å². The smallest absolute Gasteiger partial charge is 0.129 e. The van der Waals surface area contributed by atoms with E-state index >= 15 is 0 Å². The van der Waals surface area contributed by atoms with E-state index in [-0.39, 0.29) is 10.9 Å².